The molecule has 60 valence electrons. The highest BCUT2D eigenvalue weighted by atomic mass is 16.6. The molecule has 0 aromatic carbocycles. The molecule has 0 aromatic heterocycles. The molecule has 2 N–H and O–H groups in total. The largest absolute Gasteiger partial charge is 0.394 e. The Balaban J connectivity index is 2.35. The van der Waals surface area contributed by atoms with Crippen molar-refractivity contribution in [2.75, 3.05) is 6.61 Å². The van der Waals surface area contributed by atoms with Gasteiger partial charge < -0.3 is 14.9 Å². The molecule has 0 aliphatic carbocycles. The van der Waals surface area contributed by atoms with Gasteiger partial charge >= 0.3 is 0 Å². The number of rotatable bonds is 1. The third-order valence-electron chi connectivity index (χ3n) is 1.82. The van der Waals surface area contributed by atoms with Gasteiger partial charge in [-0.1, -0.05) is 6.92 Å². The van der Waals surface area contributed by atoms with Crippen molar-refractivity contribution in [3.63, 3.8) is 0 Å². The summed E-state index contributed by atoms with van der Waals surface area (Å²) in [4.78, 5) is 0. The topological polar surface area (TPSA) is 49.7 Å². The number of aliphatic hydroxyl groups is 2. The van der Waals surface area contributed by atoms with Crippen molar-refractivity contribution in [3.8, 4) is 0 Å². The summed E-state index contributed by atoms with van der Waals surface area (Å²) in [6.07, 6.45) is 0.726. The van der Waals surface area contributed by atoms with Crippen LogP contribution in [0, 0.1) is 5.92 Å². The van der Waals surface area contributed by atoms with Crippen molar-refractivity contribution >= 4 is 0 Å². The maximum Gasteiger partial charge on any atom is 0.155 e. The number of hydrogen-bond donors (Lipinski definition) is 2. The zero-order valence-corrected chi connectivity index (χ0v) is 6.16. The quantitative estimate of drug-likeness (QED) is 0.552. The van der Waals surface area contributed by atoms with Gasteiger partial charge in [0.15, 0.2) is 6.29 Å². The van der Waals surface area contributed by atoms with Crippen LogP contribution in [0.1, 0.15) is 19.8 Å². The lowest BCUT2D eigenvalue weighted by Crippen LogP contribution is -2.33. The highest BCUT2D eigenvalue weighted by Crippen LogP contribution is 2.22. The van der Waals surface area contributed by atoms with Crippen molar-refractivity contribution in [3.05, 3.63) is 0 Å². The van der Waals surface area contributed by atoms with E-state index in [-0.39, 0.29) is 12.7 Å². The minimum Gasteiger partial charge on any atom is -0.394 e. The molecule has 0 radical (unpaired) electrons. The molecule has 1 fully saturated rings. The van der Waals surface area contributed by atoms with Gasteiger partial charge in [0.1, 0.15) is 0 Å². The van der Waals surface area contributed by atoms with Crippen LogP contribution in [0.4, 0.5) is 0 Å². The highest BCUT2D eigenvalue weighted by Gasteiger charge is 2.24. The summed E-state index contributed by atoms with van der Waals surface area (Å²) in [5.74, 6) is 0.459. The van der Waals surface area contributed by atoms with E-state index in [1.807, 2.05) is 0 Å². The number of hydrogen-bond acceptors (Lipinski definition) is 3. The molecule has 1 heterocycles. The SMILES string of the molecule is C[C@@H]1CC(O)O[C@H](CO)C1. The second-order valence-electron chi connectivity index (χ2n) is 2.97. The van der Waals surface area contributed by atoms with E-state index in [1.165, 1.54) is 0 Å². The van der Waals surface area contributed by atoms with E-state index in [4.69, 9.17) is 14.9 Å². The molecule has 0 aromatic rings. The average Bonchev–Trinajstić information content (AvgIpc) is 1.85. The average molecular weight is 146 g/mol. The van der Waals surface area contributed by atoms with Crippen molar-refractivity contribution in [1.82, 2.24) is 0 Å². The molecule has 1 aliphatic heterocycles. The molecule has 1 unspecified atom stereocenters. The number of ether oxygens (including phenoxy) is 1. The second-order valence-corrected chi connectivity index (χ2v) is 2.97. The summed E-state index contributed by atoms with van der Waals surface area (Å²) in [7, 11) is 0. The van der Waals surface area contributed by atoms with E-state index in [2.05, 4.69) is 6.92 Å². The summed E-state index contributed by atoms with van der Waals surface area (Å²) in [6.45, 7) is 2.07. The van der Waals surface area contributed by atoms with E-state index >= 15 is 0 Å². The van der Waals surface area contributed by atoms with Gasteiger partial charge in [0, 0.05) is 6.42 Å². The first-order valence-electron chi connectivity index (χ1n) is 3.66. The Bertz CT molecular complexity index is 95.0. The van der Waals surface area contributed by atoms with E-state index in [1.54, 1.807) is 0 Å². The Morgan fingerprint density at radius 1 is 1.50 bits per heavy atom. The predicted molar refractivity (Wildman–Crippen MR) is 36.4 cm³/mol. The van der Waals surface area contributed by atoms with Gasteiger partial charge in [-0.05, 0) is 12.3 Å². The lowest BCUT2D eigenvalue weighted by atomic mass is 9.97. The molecular weight excluding hydrogens is 132 g/mol. The lowest BCUT2D eigenvalue weighted by molar-refractivity contribution is -0.184. The molecule has 1 rings (SSSR count). The Kier molecular flexibility index (Phi) is 2.65. The fourth-order valence-electron chi connectivity index (χ4n) is 1.34. The van der Waals surface area contributed by atoms with E-state index in [0.717, 1.165) is 6.42 Å². The highest BCUT2D eigenvalue weighted by molar-refractivity contribution is 4.69. The second kappa shape index (κ2) is 3.32. The standard InChI is InChI=1S/C7H14O3/c1-5-2-6(4-8)10-7(9)3-5/h5-9H,2-4H2,1H3/t5-,6-,7?/m0/s1. The van der Waals surface area contributed by atoms with Gasteiger partial charge in [-0.15, -0.1) is 0 Å². The maximum absolute atomic E-state index is 9.05. The molecule has 0 saturated carbocycles. The minimum atomic E-state index is -0.666. The predicted octanol–water partition coefficient (Wildman–Crippen LogP) is 0.112. The van der Waals surface area contributed by atoms with Crippen LogP contribution in [0.2, 0.25) is 0 Å². The zero-order valence-electron chi connectivity index (χ0n) is 6.16. The Hall–Kier alpha value is -0.120. The summed E-state index contributed by atoms with van der Waals surface area (Å²) in [5.41, 5.74) is 0. The Morgan fingerprint density at radius 3 is 2.70 bits per heavy atom. The van der Waals surface area contributed by atoms with Crippen molar-refractivity contribution in [2.45, 2.75) is 32.2 Å². The molecule has 0 spiro atoms. The zero-order chi connectivity index (χ0) is 7.56. The normalized spacial score (nSPS) is 41.7. The van der Waals surface area contributed by atoms with Crippen LogP contribution in [0.3, 0.4) is 0 Å². The Labute approximate surface area is 60.6 Å². The first-order valence-corrected chi connectivity index (χ1v) is 3.66. The van der Waals surface area contributed by atoms with Gasteiger partial charge in [-0.3, -0.25) is 0 Å². The number of aliphatic hydroxyl groups excluding tert-OH is 2. The van der Waals surface area contributed by atoms with Crippen LogP contribution in [-0.2, 0) is 4.74 Å². The maximum atomic E-state index is 9.05. The summed E-state index contributed by atoms with van der Waals surface area (Å²) in [5, 5.41) is 17.7. The monoisotopic (exact) mass is 146 g/mol. The third kappa shape index (κ3) is 1.94. The van der Waals surface area contributed by atoms with Crippen molar-refractivity contribution < 1.29 is 14.9 Å². The summed E-state index contributed by atoms with van der Waals surface area (Å²) >= 11 is 0. The van der Waals surface area contributed by atoms with Gasteiger partial charge in [0.05, 0.1) is 12.7 Å². The lowest BCUT2D eigenvalue weighted by Gasteiger charge is -2.29. The summed E-state index contributed by atoms with van der Waals surface area (Å²) in [6, 6.07) is 0. The molecule has 10 heavy (non-hydrogen) atoms. The smallest absolute Gasteiger partial charge is 0.155 e. The van der Waals surface area contributed by atoms with Crippen LogP contribution in [0.25, 0.3) is 0 Å². The van der Waals surface area contributed by atoms with Crippen molar-refractivity contribution in [1.29, 1.82) is 0 Å². The van der Waals surface area contributed by atoms with Crippen LogP contribution >= 0.6 is 0 Å². The molecular formula is C7H14O3. The molecule has 0 bridgehead atoms. The third-order valence-corrected chi connectivity index (χ3v) is 1.82. The molecule has 3 nitrogen and oxygen atoms in total. The van der Waals surface area contributed by atoms with Crippen LogP contribution in [0.15, 0.2) is 0 Å². The first-order chi connectivity index (χ1) is 4.72. The van der Waals surface area contributed by atoms with Crippen molar-refractivity contribution in [2.24, 2.45) is 5.92 Å². The van der Waals surface area contributed by atoms with E-state index in [9.17, 15) is 0 Å². The summed E-state index contributed by atoms with van der Waals surface area (Å²) < 4.78 is 5.01. The van der Waals surface area contributed by atoms with Crippen LogP contribution < -0.4 is 0 Å². The van der Waals surface area contributed by atoms with Crippen LogP contribution in [0.5, 0.6) is 0 Å². The fraction of sp³-hybridized carbons (Fsp3) is 1.00. The fourth-order valence-corrected chi connectivity index (χ4v) is 1.34. The molecule has 0 amide bonds. The van der Waals surface area contributed by atoms with E-state index in [0.29, 0.717) is 12.3 Å². The minimum absolute atomic E-state index is 0.0153. The molecule has 3 heteroatoms. The van der Waals surface area contributed by atoms with Gasteiger partial charge in [-0.25, -0.2) is 0 Å². The molecule has 1 saturated heterocycles. The Morgan fingerprint density at radius 2 is 2.20 bits per heavy atom. The van der Waals surface area contributed by atoms with Gasteiger partial charge in [0.25, 0.3) is 0 Å². The van der Waals surface area contributed by atoms with Gasteiger partial charge in [-0.2, -0.15) is 0 Å². The molecule has 3 atom stereocenters. The van der Waals surface area contributed by atoms with E-state index < -0.39 is 6.29 Å². The van der Waals surface area contributed by atoms with Crippen LogP contribution in [-0.4, -0.2) is 29.2 Å². The molecule has 1 aliphatic rings. The van der Waals surface area contributed by atoms with Gasteiger partial charge in [0.2, 0.25) is 0 Å². The first kappa shape index (κ1) is 7.98.